The molecule has 2 N–H and O–H groups in total. The minimum Gasteiger partial charge on any atom is -0.354 e. The first-order valence-electron chi connectivity index (χ1n) is 24.9. The van der Waals surface area contributed by atoms with Crippen molar-refractivity contribution in [3.63, 3.8) is 0 Å². The molecule has 5 nitrogen and oxygen atoms in total. The number of allylic oxidation sites excluding steroid dienone is 10. The van der Waals surface area contributed by atoms with E-state index in [9.17, 15) is 0 Å². The van der Waals surface area contributed by atoms with Crippen molar-refractivity contribution >= 4 is 77.8 Å². The van der Waals surface area contributed by atoms with E-state index >= 15 is 0 Å². The topological polar surface area (TPSA) is 46.3 Å². The van der Waals surface area contributed by atoms with Crippen LogP contribution < -0.4 is 21.1 Å². The molecule has 6 aliphatic rings. The Balaban J connectivity index is 0.934. The van der Waals surface area contributed by atoms with Crippen LogP contribution in [-0.2, 0) is 6.42 Å². The molecule has 0 radical (unpaired) electrons. The van der Waals surface area contributed by atoms with Gasteiger partial charge in [-0.25, -0.2) is 4.99 Å². The van der Waals surface area contributed by atoms with Gasteiger partial charge in [-0.1, -0.05) is 146 Å². The number of hydrogen-bond donors (Lipinski definition) is 2. The molecule has 0 bridgehead atoms. The van der Waals surface area contributed by atoms with Crippen molar-refractivity contribution in [3.8, 4) is 5.69 Å². The SMILES string of the molecule is C1=CCC(C2NC(C3=CCCC=C3)=NC(C3=c4ccccc4=CCC3n3c4ccccc4c4cc5cc(-n6c7c(c8c9ccccc9ccc86)CCC=C7)ccc5cc43)N2)C(C2=CCCC=C2)=C1. The van der Waals surface area contributed by atoms with Gasteiger partial charge in [-0.15, -0.1) is 0 Å². The van der Waals surface area contributed by atoms with Gasteiger partial charge in [0.05, 0.1) is 23.2 Å². The van der Waals surface area contributed by atoms with E-state index in [1.165, 1.54) is 104 Å². The predicted octanol–water partition coefficient (Wildman–Crippen LogP) is 12.9. The molecule has 0 spiro atoms. The molecule has 8 aromatic rings. The first-order chi connectivity index (χ1) is 33.7. The van der Waals surface area contributed by atoms with Crippen LogP contribution in [0.25, 0.3) is 77.7 Å². The van der Waals surface area contributed by atoms with E-state index in [-0.39, 0.29) is 24.3 Å². The molecule has 0 amide bonds. The van der Waals surface area contributed by atoms with E-state index in [4.69, 9.17) is 4.99 Å². The molecule has 6 aromatic carbocycles. The lowest BCUT2D eigenvalue weighted by Crippen LogP contribution is -2.60. The van der Waals surface area contributed by atoms with Crippen LogP contribution in [0, 0.1) is 5.92 Å². The fourth-order valence-corrected chi connectivity index (χ4v) is 12.5. The number of nitrogens with zero attached hydrogens (tertiary/aromatic N) is 3. The molecule has 68 heavy (non-hydrogen) atoms. The Bertz CT molecular complexity index is 3840. The number of aromatic nitrogens is 2. The van der Waals surface area contributed by atoms with Gasteiger partial charge < -0.3 is 14.5 Å². The van der Waals surface area contributed by atoms with Crippen molar-refractivity contribution in [1.29, 1.82) is 0 Å². The van der Waals surface area contributed by atoms with Crippen LogP contribution in [0.1, 0.15) is 62.2 Å². The fraction of sp³-hybridized carbons (Fsp3) is 0.190. The molecule has 5 aliphatic carbocycles. The average molecular weight is 880 g/mol. The van der Waals surface area contributed by atoms with E-state index in [2.05, 4.69) is 208 Å². The molecule has 330 valence electrons. The van der Waals surface area contributed by atoms with Crippen LogP contribution >= 0.6 is 0 Å². The van der Waals surface area contributed by atoms with Crippen LogP contribution in [0.3, 0.4) is 0 Å². The summed E-state index contributed by atoms with van der Waals surface area (Å²) in [6.45, 7) is 0. The lowest BCUT2D eigenvalue weighted by Gasteiger charge is -2.41. The van der Waals surface area contributed by atoms with Gasteiger partial charge in [-0.05, 0) is 148 Å². The minimum atomic E-state index is -0.261. The Labute approximate surface area is 396 Å². The van der Waals surface area contributed by atoms with Gasteiger partial charge in [-0.2, -0.15) is 0 Å². The lowest BCUT2D eigenvalue weighted by atomic mass is 9.81. The van der Waals surface area contributed by atoms with E-state index in [1.54, 1.807) is 0 Å². The molecule has 0 saturated heterocycles. The summed E-state index contributed by atoms with van der Waals surface area (Å²) in [5.41, 5.74) is 13.0. The van der Waals surface area contributed by atoms with Crippen molar-refractivity contribution in [2.75, 3.05) is 0 Å². The van der Waals surface area contributed by atoms with Gasteiger partial charge in [-0.3, -0.25) is 5.32 Å². The number of hydrogen-bond acceptors (Lipinski definition) is 3. The standard InChI is InChI=1S/C63H53N5/c1-3-17-40(18-4-1)47-23-11-12-27-51(47)62-64-61(43-21-5-2-6-22-43)65-63(66-62)60-49-25-10-8-20-42(49)33-36-57(60)68-54-29-15-13-26-50(54)53-38-45-37-46(34-31-44(45)39-58(53)68)67-55-30-16-14-28-52(55)59-48-24-9-7-19-41(48)32-35-56(59)67/h3,5,7-13,15-26,29-35,37-39,51,57,62-63,66H,1-2,4,6,14,27-28,36H2,(H,64,65). The molecule has 0 fully saturated rings. The molecule has 3 heterocycles. The highest BCUT2D eigenvalue weighted by Gasteiger charge is 2.37. The summed E-state index contributed by atoms with van der Waals surface area (Å²) in [6.07, 6.45) is 36.1. The number of para-hydroxylation sites is 1. The van der Waals surface area contributed by atoms with Gasteiger partial charge in [0.1, 0.15) is 12.0 Å². The second kappa shape index (κ2) is 16.1. The summed E-state index contributed by atoms with van der Waals surface area (Å²) in [5.74, 6) is 1.22. The first-order valence-corrected chi connectivity index (χ1v) is 24.9. The molecular formula is C63H53N5. The van der Waals surface area contributed by atoms with Crippen LogP contribution in [0.5, 0.6) is 0 Å². The Morgan fingerprint density at radius 3 is 2.29 bits per heavy atom. The lowest BCUT2D eigenvalue weighted by molar-refractivity contribution is 0.337. The van der Waals surface area contributed by atoms with Crippen molar-refractivity contribution in [2.45, 2.75) is 69.7 Å². The van der Waals surface area contributed by atoms with Crippen molar-refractivity contribution < 1.29 is 0 Å². The molecule has 1 aliphatic heterocycles. The number of benzene rings is 6. The quantitative estimate of drug-likeness (QED) is 0.175. The number of rotatable bonds is 6. The molecule has 4 atom stereocenters. The van der Waals surface area contributed by atoms with Crippen LogP contribution in [0.15, 0.2) is 198 Å². The molecular weight excluding hydrogens is 827 g/mol. The van der Waals surface area contributed by atoms with Gasteiger partial charge >= 0.3 is 0 Å². The van der Waals surface area contributed by atoms with Crippen molar-refractivity contribution in [2.24, 2.45) is 10.9 Å². The zero-order valence-electron chi connectivity index (χ0n) is 38.2. The summed E-state index contributed by atoms with van der Waals surface area (Å²) >= 11 is 0. The molecule has 0 saturated carbocycles. The maximum atomic E-state index is 5.72. The number of nitrogens with one attached hydrogen (secondary N) is 2. The zero-order chi connectivity index (χ0) is 44.7. The Kier molecular flexibility index (Phi) is 9.40. The first kappa shape index (κ1) is 39.7. The number of aliphatic imine (C=N–C) groups is 1. The molecule has 4 unspecified atom stereocenters. The summed E-state index contributed by atoms with van der Waals surface area (Å²) < 4.78 is 5.17. The molecule has 2 aromatic heterocycles. The Morgan fingerprint density at radius 2 is 1.40 bits per heavy atom. The number of amidine groups is 1. The Morgan fingerprint density at radius 1 is 0.588 bits per heavy atom. The smallest absolute Gasteiger partial charge is 0.131 e. The van der Waals surface area contributed by atoms with Crippen molar-refractivity contribution in [3.05, 3.63) is 214 Å². The van der Waals surface area contributed by atoms with Crippen LogP contribution in [0.2, 0.25) is 0 Å². The summed E-state index contributed by atoms with van der Waals surface area (Å²) in [6, 6.07) is 43.6. The predicted molar refractivity (Wildman–Crippen MR) is 285 cm³/mol. The minimum absolute atomic E-state index is 0.0192. The number of fused-ring (bicyclic) bond motifs is 10. The molecule has 5 heteroatoms. The number of aryl methyl sites for hydroxylation is 1. The van der Waals surface area contributed by atoms with E-state index in [0.29, 0.717) is 0 Å². The summed E-state index contributed by atoms with van der Waals surface area (Å²) in [4.78, 5) is 5.72. The Hall–Kier alpha value is -7.47. The highest BCUT2D eigenvalue weighted by molar-refractivity contribution is 6.14. The summed E-state index contributed by atoms with van der Waals surface area (Å²) in [7, 11) is 0. The van der Waals surface area contributed by atoms with Gasteiger partial charge in [0.25, 0.3) is 0 Å². The highest BCUT2D eigenvalue weighted by Crippen LogP contribution is 2.43. The summed E-state index contributed by atoms with van der Waals surface area (Å²) in [5, 5.41) is 19.8. The van der Waals surface area contributed by atoms with E-state index < -0.39 is 0 Å². The average Bonchev–Trinajstić information content (AvgIpc) is 3.92. The highest BCUT2D eigenvalue weighted by atomic mass is 15.3. The normalized spacial score (nSPS) is 22.2. The van der Waals surface area contributed by atoms with Crippen molar-refractivity contribution in [1.82, 2.24) is 19.8 Å². The zero-order valence-corrected chi connectivity index (χ0v) is 38.2. The third kappa shape index (κ3) is 6.36. The third-order valence-corrected chi connectivity index (χ3v) is 15.6. The largest absolute Gasteiger partial charge is 0.354 e. The fourth-order valence-electron chi connectivity index (χ4n) is 12.5. The maximum Gasteiger partial charge on any atom is 0.131 e. The monoisotopic (exact) mass is 879 g/mol. The maximum absolute atomic E-state index is 5.72. The van der Waals surface area contributed by atoms with E-state index in [0.717, 1.165) is 57.2 Å². The third-order valence-electron chi connectivity index (χ3n) is 15.6. The van der Waals surface area contributed by atoms with Crippen LogP contribution in [-0.4, -0.2) is 27.3 Å². The van der Waals surface area contributed by atoms with Gasteiger partial charge in [0.15, 0.2) is 0 Å². The van der Waals surface area contributed by atoms with E-state index in [1.807, 2.05) is 0 Å². The van der Waals surface area contributed by atoms with Crippen LogP contribution in [0.4, 0.5) is 0 Å². The second-order valence-corrected chi connectivity index (χ2v) is 19.4. The second-order valence-electron chi connectivity index (χ2n) is 19.4. The van der Waals surface area contributed by atoms with Gasteiger partial charge in [0.2, 0.25) is 0 Å². The molecule has 14 rings (SSSR count). The van der Waals surface area contributed by atoms with Gasteiger partial charge in [0, 0.05) is 44.5 Å².